The van der Waals surface area contributed by atoms with Crippen molar-refractivity contribution in [2.24, 2.45) is 5.41 Å². The van der Waals surface area contributed by atoms with Gasteiger partial charge in [0.05, 0.1) is 16.0 Å². The Morgan fingerprint density at radius 3 is 2.09 bits per heavy atom. The maximum atomic E-state index is 12.7. The molecule has 0 fully saturated rings. The van der Waals surface area contributed by atoms with Gasteiger partial charge < -0.3 is 10.4 Å². The Labute approximate surface area is 137 Å². The summed E-state index contributed by atoms with van der Waals surface area (Å²) < 4.78 is 24.1. The zero-order valence-electron chi connectivity index (χ0n) is 14.2. The highest BCUT2D eigenvalue weighted by Crippen LogP contribution is 2.39. The second kappa shape index (κ2) is 5.85. The lowest BCUT2D eigenvalue weighted by molar-refractivity contribution is -0.123. The zero-order valence-corrected chi connectivity index (χ0v) is 15.0. The van der Waals surface area contributed by atoms with E-state index in [1.165, 1.54) is 32.9 Å². The number of nitrogens with one attached hydrogen (secondary N) is 1. The number of phenols is 1. The number of anilines is 1. The summed E-state index contributed by atoms with van der Waals surface area (Å²) >= 11 is 0. The highest BCUT2D eigenvalue weighted by molar-refractivity contribution is 7.93. The van der Waals surface area contributed by atoms with Crippen LogP contribution in [0.4, 0.5) is 5.69 Å². The molecule has 0 bridgehead atoms. The number of nitriles is 1. The number of carbonyl (C=O) groups is 1. The minimum absolute atomic E-state index is 0.0354. The molecule has 6 nitrogen and oxygen atoms in total. The second-order valence-corrected chi connectivity index (χ2v) is 9.91. The Kier molecular flexibility index (Phi) is 4.83. The van der Waals surface area contributed by atoms with Crippen LogP contribution in [0.2, 0.25) is 0 Å². The van der Waals surface area contributed by atoms with E-state index in [1.54, 1.807) is 26.8 Å². The fourth-order valence-corrected chi connectivity index (χ4v) is 3.03. The van der Waals surface area contributed by atoms with Gasteiger partial charge in [0.15, 0.2) is 15.6 Å². The molecule has 0 aromatic heterocycles. The fraction of sp³-hybridized carbons (Fsp3) is 0.500. The first kappa shape index (κ1) is 19.0. The van der Waals surface area contributed by atoms with E-state index < -0.39 is 30.6 Å². The van der Waals surface area contributed by atoms with Gasteiger partial charge in [0.1, 0.15) is 11.0 Å². The number of aromatic hydroxyl groups is 1. The van der Waals surface area contributed by atoms with Crippen LogP contribution in [0.5, 0.6) is 5.75 Å². The lowest BCUT2D eigenvalue weighted by atomic mass is 9.95. The van der Waals surface area contributed by atoms with Gasteiger partial charge in [-0.2, -0.15) is 5.26 Å². The molecule has 0 saturated carbocycles. The number of amides is 1. The molecule has 7 heteroatoms. The molecule has 1 rings (SSSR count). The molecule has 0 radical (unpaired) electrons. The molecule has 1 amide bonds. The predicted octanol–water partition coefficient (Wildman–Crippen LogP) is 2.82. The Morgan fingerprint density at radius 2 is 1.70 bits per heavy atom. The van der Waals surface area contributed by atoms with E-state index in [-0.39, 0.29) is 17.2 Å². The summed E-state index contributed by atoms with van der Waals surface area (Å²) in [6.45, 7) is 9.50. The number of phenolic OH excluding ortho intramolecular Hbond substituents is 1. The number of carbonyl (C=O) groups excluding carboxylic acids is 1. The summed E-state index contributed by atoms with van der Waals surface area (Å²) in [5.74, 6) is -0.992. The summed E-state index contributed by atoms with van der Waals surface area (Å²) in [4.78, 5) is 11.6. The maximum Gasteiger partial charge on any atom is 0.229 e. The highest BCUT2D eigenvalue weighted by Gasteiger charge is 2.36. The van der Waals surface area contributed by atoms with Crippen LogP contribution in [0.1, 0.15) is 47.1 Å². The molecule has 0 heterocycles. The van der Waals surface area contributed by atoms with E-state index in [0.717, 1.165) is 0 Å². The van der Waals surface area contributed by atoms with Crippen LogP contribution in [0, 0.1) is 16.7 Å². The highest BCUT2D eigenvalue weighted by atomic mass is 32.2. The Morgan fingerprint density at radius 1 is 1.17 bits per heavy atom. The smallest absolute Gasteiger partial charge is 0.229 e. The largest absolute Gasteiger partial charge is 0.504 e. The van der Waals surface area contributed by atoms with Crippen molar-refractivity contribution in [1.29, 1.82) is 5.26 Å². The third kappa shape index (κ3) is 3.64. The molecule has 1 aromatic carbocycles. The summed E-state index contributed by atoms with van der Waals surface area (Å²) in [6.07, 6.45) is 0. The molecule has 0 saturated heterocycles. The van der Waals surface area contributed by atoms with Crippen LogP contribution in [0.3, 0.4) is 0 Å². The number of hydrogen-bond acceptors (Lipinski definition) is 5. The van der Waals surface area contributed by atoms with Crippen LogP contribution >= 0.6 is 0 Å². The fourth-order valence-electron chi connectivity index (χ4n) is 1.65. The average molecular weight is 338 g/mol. The summed E-state index contributed by atoms with van der Waals surface area (Å²) in [5.41, 5.74) is -0.915. The quantitative estimate of drug-likeness (QED) is 0.806. The van der Waals surface area contributed by atoms with Crippen molar-refractivity contribution >= 4 is 21.4 Å². The van der Waals surface area contributed by atoms with Gasteiger partial charge in [-0.15, -0.1) is 0 Å². The summed E-state index contributed by atoms with van der Waals surface area (Å²) in [5, 5.41) is 22.0. The van der Waals surface area contributed by atoms with E-state index in [0.29, 0.717) is 0 Å². The molecule has 0 spiro atoms. The molecular weight excluding hydrogens is 316 g/mol. The predicted molar refractivity (Wildman–Crippen MR) is 87.8 cm³/mol. The van der Waals surface area contributed by atoms with E-state index in [4.69, 9.17) is 5.26 Å². The molecule has 0 aliphatic carbocycles. The number of sulfone groups is 1. The van der Waals surface area contributed by atoms with Crippen LogP contribution in [-0.4, -0.2) is 24.2 Å². The van der Waals surface area contributed by atoms with E-state index in [1.807, 2.05) is 0 Å². The molecule has 0 aliphatic heterocycles. The van der Waals surface area contributed by atoms with Gasteiger partial charge in [0, 0.05) is 5.41 Å². The number of hydrogen-bond donors (Lipinski definition) is 2. The molecule has 0 atom stereocenters. The third-order valence-corrected chi connectivity index (χ3v) is 5.82. The summed E-state index contributed by atoms with van der Waals surface area (Å²) in [7, 11) is -3.97. The van der Waals surface area contributed by atoms with Gasteiger partial charge in [0.25, 0.3) is 0 Å². The number of rotatable bonds is 2. The van der Waals surface area contributed by atoms with Crippen molar-refractivity contribution in [1.82, 2.24) is 0 Å². The Hall–Kier alpha value is -2.07. The molecule has 2 N–H and O–H groups in total. The first-order chi connectivity index (χ1) is 10.2. The molecule has 0 aliphatic rings. The average Bonchev–Trinajstić information content (AvgIpc) is 2.37. The van der Waals surface area contributed by atoms with Gasteiger partial charge in [-0.1, -0.05) is 20.8 Å². The summed E-state index contributed by atoms with van der Waals surface area (Å²) in [6, 6.07) is 4.37. The first-order valence-electron chi connectivity index (χ1n) is 7.05. The zero-order chi connectivity index (χ0) is 18.2. The molecule has 126 valence electrons. The van der Waals surface area contributed by atoms with E-state index in [9.17, 15) is 18.3 Å². The lowest BCUT2D eigenvalue weighted by Gasteiger charge is -2.23. The van der Waals surface area contributed by atoms with Gasteiger partial charge >= 0.3 is 0 Å². The van der Waals surface area contributed by atoms with Crippen molar-refractivity contribution in [3.8, 4) is 11.8 Å². The van der Waals surface area contributed by atoms with Gasteiger partial charge in [-0.25, -0.2) is 8.42 Å². The molecule has 0 unspecified atom stereocenters. The normalized spacial score (nSPS) is 12.6. The number of nitrogens with zero attached hydrogens (tertiary/aromatic N) is 1. The van der Waals surface area contributed by atoms with E-state index >= 15 is 0 Å². The maximum absolute atomic E-state index is 12.7. The van der Waals surface area contributed by atoms with Crippen molar-refractivity contribution in [2.45, 2.75) is 51.2 Å². The molecular formula is C16H22N2O4S. The molecule has 1 aromatic rings. The van der Waals surface area contributed by atoms with Crippen molar-refractivity contribution in [3.63, 3.8) is 0 Å². The molecule has 23 heavy (non-hydrogen) atoms. The third-order valence-electron chi connectivity index (χ3n) is 3.26. The van der Waals surface area contributed by atoms with Crippen molar-refractivity contribution in [2.75, 3.05) is 5.32 Å². The van der Waals surface area contributed by atoms with Crippen molar-refractivity contribution in [3.05, 3.63) is 17.7 Å². The van der Waals surface area contributed by atoms with Crippen molar-refractivity contribution < 1.29 is 18.3 Å². The van der Waals surface area contributed by atoms with Crippen LogP contribution < -0.4 is 5.32 Å². The van der Waals surface area contributed by atoms with E-state index in [2.05, 4.69) is 5.32 Å². The van der Waals surface area contributed by atoms with Gasteiger partial charge in [-0.05, 0) is 32.9 Å². The minimum Gasteiger partial charge on any atom is -0.504 e. The van der Waals surface area contributed by atoms with Crippen LogP contribution in [-0.2, 0) is 14.6 Å². The Bertz CT molecular complexity index is 776. The number of benzene rings is 1. The lowest BCUT2D eigenvalue weighted by Crippen LogP contribution is -2.30. The monoisotopic (exact) mass is 338 g/mol. The second-order valence-electron chi connectivity index (χ2n) is 7.27. The van der Waals surface area contributed by atoms with Gasteiger partial charge in [0.2, 0.25) is 5.91 Å². The topological polar surface area (TPSA) is 107 Å². The standard InChI is InChI=1S/C16H22N2O4S/c1-15(2,3)14(20)18-11-8-7-10(9-17)13(12(11)19)23(21,22)16(4,5)6/h7-8,19H,1-6H3,(H,18,20). The first-order valence-corrected chi connectivity index (χ1v) is 8.54. The minimum atomic E-state index is -3.97. The van der Waals surface area contributed by atoms with Crippen LogP contribution in [0.15, 0.2) is 17.0 Å². The van der Waals surface area contributed by atoms with Crippen LogP contribution in [0.25, 0.3) is 0 Å². The SMILES string of the molecule is CC(C)(C)C(=O)Nc1ccc(C#N)c(S(=O)(=O)C(C)(C)C)c1O. The van der Waals surface area contributed by atoms with Gasteiger partial charge in [-0.3, -0.25) is 4.79 Å². The Balaban J connectivity index is 3.58.